The summed E-state index contributed by atoms with van der Waals surface area (Å²) in [4.78, 5) is 27.3. The van der Waals surface area contributed by atoms with Gasteiger partial charge < -0.3 is 25.1 Å². The van der Waals surface area contributed by atoms with Crippen molar-refractivity contribution in [3.05, 3.63) is 59.4 Å². The first-order chi connectivity index (χ1) is 15.5. The van der Waals surface area contributed by atoms with Gasteiger partial charge in [0.1, 0.15) is 17.2 Å². The first-order valence-corrected chi connectivity index (χ1v) is 10.4. The van der Waals surface area contributed by atoms with E-state index in [2.05, 4.69) is 25.3 Å². The van der Waals surface area contributed by atoms with E-state index in [0.29, 0.717) is 39.1 Å². The van der Waals surface area contributed by atoms with Gasteiger partial charge in [-0.3, -0.25) is 4.79 Å². The topological polar surface area (TPSA) is 102 Å². The number of aliphatic imine (C=N–C) groups is 1. The largest absolute Gasteiger partial charge is 0.494 e. The highest BCUT2D eigenvalue weighted by Gasteiger charge is 2.29. The van der Waals surface area contributed by atoms with Crippen molar-refractivity contribution >= 4 is 33.9 Å². The molecule has 3 aromatic rings. The molecule has 0 aliphatic carbocycles. The van der Waals surface area contributed by atoms with Crippen LogP contribution in [-0.2, 0) is 9.63 Å². The average molecular weight is 435 g/mol. The summed E-state index contributed by atoms with van der Waals surface area (Å²) < 4.78 is 13.9. The number of benzene rings is 2. The summed E-state index contributed by atoms with van der Waals surface area (Å²) in [6.45, 7) is 1.51. The number of carbonyl (C=O) groups is 1. The lowest BCUT2D eigenvalue weighted by Gasteiger charge is -2.12. The van der Waals surface area contributed by atoms with Gasteiger partial charge in [-0.1, -0.05) is 23.4 Å². The highest BCUT2D eigenvalue weighted by atomic mass is 19.1. The Hall–Kier alpha value is -3.72. The Labute approximate surface area is 183 Å². The average Bonchev–Trinajstić information content (AvgIpc) is 3.42. The molecule has 5 rings (SSSR count). The number of H-pyrrole nitrogens is 1. The second-order valence-corrected chi connectivity index (χ2v) is 8.04. The molecule has 32 heavy (non-hydrogen) atoms. The number of halogens is 1. The van der Waals surface area contributed by atoms with Crippen LogP contribution < -0.4 is 5.32 Å². The number of likely N-dealkylation sites (N-methyl/N-ethyl adjacent to an activating group) is 1. The van der Waals surface area contributed by atoms with E-state index in [1.54, 1.807) is 6.07 Å². The van der Waals surface area contributed by atoms with Crippen molar-refractivity contribution in [1.29, 1.82) is 0 Å². The molecule has 1 aromatic heterocycles. The molecule has 0 radical (unpaired) electrons. The van der Waals surface area contributed by atoms with Crippen molar-refractivity contribution in [3.63, 3.8) is 0 Å². The molecule has 1 saturated heterocycles. The molecular weight excluding hydrogens is 413 g/mol. The molecule has 2 aromatic carbocycles. The molecule has 0 spiro atoms. The Morgan fingerprint density at radius 2 is 2.22 bits per heavy atom. The lowest BCUT2D eigenvalue weighted by molar-refractivity contribution is -0.126. The SMILES string of the molecule is CN1CCC(NC(=O)CON=C2C(c3c(O)[nH]c4ccc(F)cc34)=Nc3ccccc32)C1. The summed E-state index contributed by atoms with van der Waals surface area (Å²) in [7, 11) is 2.01. The maximum atomic E-state index is 13.9. The highest BCUT2D eigenvalue weighted by Crippen LogP contribution is 2.35. The fraction of sp³-hybridized carbons (Fsp3) is 0.261. The van der Waals surface area contributed by atoms with E-state index in [0.717, 1.165) is 19.5 Å². The minimum atomic E-state index is -0.433. The Morgan fingerprint density at radius 1 is 1.38 bits per heavy atom. The number of hydrogen-bond acceptors (Lipinski definition) is 6. The smallest absolute Gasteiger partial charge is 0.261 e. The van der Waals surface area contributed by atoms with Gasteiger partial charge in [-0.25, -0.2) is 9.38 Å². The zero-order valence-electron chi connectivity index (χ0n) is 17.4. The maximum absolute atomic E-state index is 13.9. The number of likely N-dealkylation sites (tertiary alicyclic amines) is 1. The summed E-state index contributed by atoms with van der Waals surface area (Å²) in [5.74, 6) is -0.831. The molecule has 0 bridgehead atoms. The van der Waals surface area contributed by atoms with E-state index >= 15 is 0 Å². The number of carbonyl (C=O) groups excluding carboxylic acids is 1. The van der Waals surface area contributed by atoms with Crippen LogP contribution in [0.15, 0.2) is 52.6 Å². The number of para-hydroxylation sites is 1. The zero-order chi connectivity index (χ0) is 22.2. The molecule has 8 nitrogen and oxygen atoms in total. The normalized spacial score (nSPS) is 19.4. The van der Waals surface area contributed by atoms with Gasteiger partial charge in [0.15, 0.2) is 12.5 Å². The maximum Gasteiger partial charge on any atom is 0.261 e. The van der Waals surface area contributed by atoms with Crippen LogP contribution in [0.2, 0.25) is 0 Å². The molecule has 1 atom stereocenters. The minimum absolute atomic E-state index is 0.103. The van der Waals surface area contributed by atoms with E-state index in [1.165, 1.54) is 12.1 Å². The van der Waals surface area contributed by atoms with Crippen LogP contribution in [0.25, 0.3) is 10.9 Å². The van der Waals surface area contributed by atoms with Crippen LogP contribution in [0.1, 0.15) is 17.5 Å². The molecule has 0 saturated carbocycles. The number of fused-ring (bicyclic) bond motifs is 2. The van der Waals surface area contributed by atoms with Gasteiger partial charge in [0.25, 0.3) is 5.91 Å². The van der Waals surface area contributed by atoms with Crippen LogP contribution in [0.5, 0.6) is 5.88 Å². The van der Waals surface area contributed by atoms with Gasteiger partial charge >= 0.3 is 0 Å². The van der Waals surface area contributed by atoms with Crippen molar-refractivity contribution in [2.75, 3.05) is 26.7 Å². The summed E-state index contributed by atoms with van der Waals surface area (Å²) in [5.41, 5.74) is 2.96. The number of aromatic nitrogens is 1. The Balaban J connectivity index is 1.43. The molecule has 164 valence electrons. The third kappa shape index (κ3) is 3.71. The van der Waals surface area contributed by atoms with Crippen LogP contribution >= 0.6 is 0 Å². The van der Waals surface area contributed by atoms with Gasteiger partial charge in [-0.15, -0.1) is 0 Å². The molecule has 1 amide bonds. The summed E-state index contributed by atoms with van der Waals surface area (Å²) >= 11 is 0. The Bertz CT molecular complexity index is 1270. The van der Waals surface area contributed by atoms with Crippen LogP contribution in [-0.4, -0.2) is 65.1 Å². The van der Waals surface area contributed by atoms with Crippen LogP contribution in [0, 0.1) is 5.82 Å². The molecule has 9 heteroatoms. The van der Waals surface area contributed by atoms with E-state index in [4.69, 9.17) is 4.84 Å². The van der Waals surface area contributed by atoms with Gasteiger partial charge in [-0.05, 0) is 44.3 Å². The van der Waals surface area contributed by atoms with Crippen molar-refractivity contribution < 1.29 is 19.1 Å². The second kappa shape index (κ2) is 8.08. The van der Waals surface area contributed by atoms with E-state index in [1.807, 2.05) is 31.3 Å². The molecule has 1 unspecified atom stereocenters. The van der Waals surface area contributed by atoms with Crippen molar-refractivity contribution in [2.45, 2.75) is 12.5 Å². The van der Waals surface area contributed by atoms with Gasteiger partial charge in [0.05, 0.1) is 11.3 Å². The number of nitrogens with one attached hydrogen (secondary N) is 2. The lowest BCUT2D eigenvalue weighted by Crippen LogP contribution is -2.38. The molecule has 2 aliphatic rings. The number of hydrogen-bond donors (Lipinski definition) is 3. The monoisotopic (exact) mass is 435 g/mol. The Kier molecular flexibility index (Phi) is 5.10. The molecular formula is C23H22FN5O3. The van der Waals surface area contributed by atoms with E-state index in [-0.39, 0.29) is 24.4 Å². The van der Waals surface area contributed by atoms with E-state index in [9.17, 15) is 14.3 Å². The van der Waals surface area contributed by atoms with Crippen molar-refractivity contribution in [2.24, 2.45) is 10.1 Å². The fourth-order valence-corrected chi connectivity index (χ4v) is 4.21. The van der Waals surface area contributed by atoms with Gasteiger partial charge in [0.2, 0.25) is 0 Å². The molecule has 3 heterocycles. The van der Waals surface area contributed by atoms with Gasteiger partial charge in [0, 0.05) is 29.1 Å². The summed E-state index contributed by atoms with van der Waals surface area (Å²) in [5, 5.41) is 18.2. The predicted molar refractivity (Wildman–Crippen MR) is 119 cm³/mol. The third-order valence-electron chi connectivity index (χ3n) is 5.70. The molecule has 1 fully saturated rings. The standard InChI is InChI=1S/C23H22FN5O3/c1-29-9-8-14(11-29)25-19(30)12-32-28-21-15-4-2-3-5-17(15)26-22(21)20-16-10-13(24)6-7-18(16)27-23(20)31/h2-7,10,14,27,31H,8-9,11-12H2,1H3,(H,25,30). The van der Waals surface area contributed by atoms with Crippen LogP contribution in [0.3, 0.4) is 0 Å². The molecule has 3 N–H and O–H groups in total. The number of amides is 1. The number of rotatable bonds is 5. The van der Waals surface area contributed by atoms with Gasteiger partial charge in [-0.2, -0.15) is 0 Å². The minimum Gasteiger partial charge on any atom is -0.494 e. The van der Waals surface area contributed by atoms with Crippen molar-refractivity contribution in [3.8, 4) is 5.88 Å². The number of nitrogens with zero attached hydrogens (tertiary/aromatic N) is 3. The first kappa shape index (κ1) is 20.2. The predicted octanol–water partition coefficient (Wildman–Crippen LogP) is 2.69. The third-order valence-corrected chi connectivity index (χ3v) is 5.70. The first-order valence-electron chi connectivity index (χ1n) is 10.4. The summed E-state index contributed by atoms with van der Waals surface area (Å²) in [6.07, 6.45) is 0.900. The van der Waals surface area contributed by atoms with Crippen molar-refractivity contribution in [1.82, 2.24) is 15.2 Å². The fourth-order valence-electron chi connectivity index (χ4n) is 4.21. The number of aromatic hydroxyl groups is 1. The highest BCUT2D eigenvalue weighted by molar-refractivity contribution is 6.58. The van der Waals surface area contributed by atoms with Crippen LogP contribution in [0.4, 0.5) is 10.1 Å². The summed E-state index contributed by atoms with van der Waals surface area (Å²) in [6, 6.07) is 11.6. The number of aromatic amines is 1. The quantitative estimate of drug-likeness (QED) is 0.536. The number of oxime groups is 1. The zero-order valence-corrected chi connectivity index (χ0v) is 17.4. The second-order valence-electron chi connectivity index (χ2n) is 8.04. The molecule has 2 aliphatic heterocycles. The lowest BCUT2D eigenvalue weighted by atomic mass is 10.0. The Morgan fingerprint density at radius 3 is 3.03 bits per heavy atom. The van der Waals surface area contributed by atoms with E-state index < -0.39 is 5.82 Å².